The molecule has 2 aromatic rings. The van der Waals surface area contributed by atoms with Crippen LogP contribution in [-0.2, 0) is 12.7 Å². The van der Waals surface area contributed by atoms with Gasteiger partial charge in [-0.2, -0.15) is 13.2 Å². The zero-order valence-corrected chi connectivity index (χ0v) is 9.76. The first-order valence-corrected chi connectivity index (χ1v) is 5.68. The van der Waals surface area contributed by atoms with Crippen LogP contribution in [0.1, 0.15) is 10.6 Å². The van der Waals surface area contributed by atoms with E-state index >= 15 is 0 Å². The van der Waals surface area contributed by atoms with Gasteiger partial charge in [-0.3, -0.25) is 0 Å². The van der Waals surface area contributed by atoms with Crippen molar-refractivity contribution in [3.63, 3.8) is 0 Å². The van der Waals surface area contributed by atoms with Crippen molar-refractivity contribution >= 4 is 11.3 Å². The Hall–Kier alpha value is -1.67. The third-order valence-electron chi connectivity index (χ3n) is 2.01. The number of rotatable bonds is 3. The van der Waals surface area contributed by atoms with Gasteiger partial charge in [0.15, 0.2) is 0 Å². The lowest BCUT2D eigenvalue weighted by Gasteiger charge is -2.02. The molecule has 0 atom stereocenters. The van der Waals surface area contributed by atoms with Crippen LogP contribution in [0.15, 0.2) is 24.3 Å². The lowest BCUT2D eigenvalue weighted by atomic mass is 10.2. The van der Waals surface area contributed by atoms with Crippen LogP contribution >= 0.6 is 11.3 Å². The summed E-state index contributed by atoms with van der Waals surface area (Å²) >= 11 is 0.350. The molecule has 2 N–H and O–H groups in total. The summed E-state index contributed by atoms with van der Waals surface area (Å²) in [6, 6.07) is 6.66. The molecule has 18 heavy (non-hydrogen) atoms. The topological polar surface area (TPSA) is 61.0 Å². The SMILES string of the molecule is NCc1ccc(Oc2nnc(C(F)(F)F)s2)cc1. The van der Waals surface area contributed by atoms with Crippen molar-refractivity contribution in [2.45, 2.75) is 12.7 Å². The largest absolute Gasteiger partial charge is 0.445 e. The van der Waals surface area contributed by atoms with Crippen LogP contribution in [0.25, 0.3) is 0 Å². The second kappa shape index (κ2) is 4.91. The Bertz CT molecular complexity index is 524. The van der Waals surface area contributed by atoms with Gasteiger partial charge in [0.2, 0.25) is 5.01 Å². The molecule has 96 valence electrons. The molecule has 4 nitrogen and oxygen atoms in total. The van der Waals surface area contributed by atoms with E-state index in [9.17, 15) is 13.2 Å². The molecule has 0 aliphatic rings. The van der Waals surface area contributed by atoms with Gasteiger partial charge in [-0.1, -0.05) is 28.6 Å². The molecule has 8 heteroatoms. The number of benzene rings is 1. The predicted octanol–water partition coefficient (Wildman–Crippen LogP) is 2.81. The quantitative estimate of drug-likeness (QED) is 0.935. The highest BCUT2D eigenvalue weighted by Crippen LogP contribution is 2.35. The third kappa shape index (κ3) is 2.96. The van der Waals surface area contributed by atoms with E-state index < -0.39 is 11.2 Å². The summed E-state index contributed by atoms with van der Waals surface area (Å²) in [6.45, 7) is 0.386. The van der Waals surface area contributed by atoms with Crippen molar-refractivity contribution in [2.75, 3.05) is 0 Å². The molecule has 0 saturated heterocycles. The van der Waals surface area contributed by atoms with Crippen LogP contribution in [0.2, 0.25) is 0 Å². The van der Waals surface area contributed by atoms with E-state index in [0.717, 1.165) is 5.56 Å². The molecule has 0 bridgehead atoms. The van der Waals surface area contributed by atoms with E-state index in [-0.39, 0.29) is 5.19 Å². The van der Waals surface area contributed by atoms with E-state index in [4.69, 9.17) is 10.5 Å². The molecule has 2 rings (SSSR count). The Kier molecular flexibility index (Phi) is 3.48. The Balaban J connectivity index is 2.11. The first-order valence-electron chi connectivity index (χ1n) is 4.86. The summed E-state index contributed by atoms with van der Waals surface area (Å²) in [5.41, 5.74) is 6.32. The molecule has 1 aromatic carbocycles. The Morgan fingerprint density at radius 1 is 1.17 bits per heavy atom. The number of nitrogens with two attached hydrogens (primary N) is 1. The molecular formula is C10H8F3N3OS. The summed E-state index contributed by atoms with van der Waals surface area (Å²) in [5, 5.41) is 5.16. The van der Waals surface area contributed by atoms with Crippen molar-refractivity contribution < 1.29 is 17.9 Å². The van der Waals surface area contributed by atoms with Gasteiger partial charge in [0.05, 0.1) is 0 Å². The Morgan fingerprint density at radius 2 is 1.83 bits per heavy atom. The van der Waals surface area contributed by atoms with E-state index in [0.29, 0.717) is 23.6 Å². The highest BCUT2D eigenvalue weighted by atomic mass is 32.1. The first-order chi connectivity index (χ1) is 8.49. The fraction of sp³-hybridized carbons (Fsp3) is 0.200. The number of ether oxygens (including phenoxy) is 1. The fourth-order valence-corrected chi connectivity index (χ4v) is 1.74. The average Bonchev–Trinajstić information content (AvgIpc) is 2.78. The number of hydrogen-bond acceptors (Lipinski definition) is 5. The van der Waals surface area contributed by atoms with Gasteiger partial charge in [0.1, 0.15) is 5.75 Å². The molecule has 0 amide bonds. The average molecular weight is 275 g/mol. The molecule has 0 aliphatic carbocycles. The zero-order valence-electron chi connectivity index (χ0n) is 8.94. The van der Waals surface area contributed by atoms with Crippen molar-refractivity contribution in [1.29, 1.82) is 0 Å². The van der Waals surface area contributed by atoms with Gasteiger partial charge in [0, 0.05) is 6.54 Å². The number of alkyl halides is 3. The van der Waals surface area contributed by atoms with E-state index in [1.807, 2.05) is 0 Å². The molecule has 0 radical (unpaired) electrons. The van der Waals surface area contributed by atoms with Crippen LogP contribution in [-0.4, -0.2) is 10.2 Å². The third-order valence-corrected chi connectivity index (χ3v) is 2.86. The molecule has 0 saturated carbocycles. The number of hydrogen-bond donors (Lipinski definition) is 1. The number of aromatic nitrogens is 2. The molecule has 0 aliphatic heterocycles. The summed E-state index contributed by atoms with van der Waals surface area (Å²) in [7, 11) is 0. The van der Waals surface area contributed by atoms with Crippen LogP contribution in [0.4, 0.5) is 13.2 Å². The van der Waals surface area contributed by atoms with Crippen LogP contribution in [0, 0.1) is 0 Å². The maximum absolute atomic E-state index is 12.3. The van der Waals surface area contributed by atoms with E-state index in [1.165, 1.54) is 0 Å². The van der Waals surface area contributed by atoms with Crippen molar-refractivity contribution in [3.8, 4) is 10.9 Å². The highest BCUT2D eigenvalue weighted by Gasteiger charge is 2.36. The lowest BCUT2D eigenvalue weighted by Crippen LogP contribution is -2.03. The van der Waals surface area contributed by atoms with Crippen molar-refractivity contribution in [2.24, 2.45) is 5.73 Å². The summed E-state index contributed by atoms with van der Waals surface area (Å²) < 4.78 is 42.0. The molecule has 0 fully saturated rings. The smallest absolute Gasteiger partial charge is 0.430 e. The highest BCUT2D eigenvalue weighted by molar-refractivity contribution is 7.13. The maximum Gasteiger partial charge on any atom is 0.445 e. The number of nitrogens with zero attached hydrogens (tertiary/aromatic N) is 2. The van der Waals surface area contributed by atoms with E-state index in [1.54, 1.807) is 24.3 Å². The Labute approximate surface area is 104 Å². The van der Waals surface area contributed by atoms with Gasteiger partial charge in [-0.25, -0.2) is 0 Å². The fourth-order valence-electron chi connectivity index (χ4n) is 1.16. The second-order valence-corrected chi connectivity index (χ2v) is 4.26. The predicted molar refractivity (Wildman–Crippen MR) is 59.3 cm³/mol. The normalized spacial score (nSPS) is 11.6. The van der Waals surface area contributed by atoms with Crippen molar-refractivity contribution in [3.05, 3.63) is 34.8 Å². The van der Waals surface area contributed by atoms with Gasteiger partial charge < -0.3 is 10.5 Å². The molecule has 0 spiro atoms. The molecule has 0 unspecified atom stereocenters. The molecular weight excluding hydrogens is 267 g/mol. The summed E-state index contributed by atoms with van der Waals surface area (Å²) in [6.07, 6.45) is -4.50. The minimum Gasteiger partial charge on any atom is -0.430 e. The lowest BCUT2D eigenvalue weighted by molar-refractivity contribution is -0.138. The summed E-state index contributed by atoms with van der Waals surface area (Å²) in [4.78, 5) is 0. The second-order valence-electron chi connectivity index (χ2n) is 3.32. The van der Waals surface area contributed by atoms with Crippen LogP contribution < -0.4 is 10.5 Å². The first kappa shape index (κ1) is 12.8. The minimum atomic E-state index is -4.50. The summed E-state index contributed by atoms with van der Waals surface area (Å²) in [5.74, 6) is 0.386. The van der Waals surface area contributed by atoms with Gasteiger partial charge in [-0.05, 0) is 17.7 Å². The van der Waals surface area contributed by atoms with Gasteiger partial charge in [0.25, 0.3) is 5.19 Å². The van der Waals surface area contributed by atoms with Crippen LogP contribution in [0.3, 0.4) is 0 Å². The number of halogens is 3. The minimum absolute atomic E-state index is 0.150. The van der Waals surface area contributed by atoms with Crippen molar-refractivity contribution in [1.82, 2.24) is 10.2 Å². The van der Waals surface area contributed by atoms with E-state index in [2.05, 4.69) is 10.2 Å². The standard InChI is InChI=1S/C10H8F3N3OS/c11-10(12,13)8-15-16-9(18-8)17-7-3-1-6(5-14)2-4-7/h1-4H,5,14H2. The monoisotopic (exact) mass is 275 g/mol. The molecule has 1 aromatic heterocycles. The molecule has 1 heterocycles. The van der Waals surface area contributed by atoms with Gasteiger partial charge >= 0.3 is 6.18 Å². The van der Waals surface area contributed by atoms with Crippen LogP contribution in [0.5, 0.6) is 10.9 Å². The van der Waals surface area contributed by atoms with Gasteiger partial charge in [-0.15, -0.1) is 5.10 Å². The Morgan fingerprint density at radius 3 is 2.33 bits per heavy atom. The maximum atomic E-state index is 12.3. The zero-order chi connectivity index (χ0) is 13.2.